The van der Waals surface area contributed by atoms with Crippen LogP contribution in [0.15, 0.2) is 24.3 Å². The van der Waals surface area contributed by atoms with E-state index in [9.17, 15) is 48.3 Å². The van der Waals surface area contributed by atoms with Gasteiger partial charge in [-0.1, -0.05) is 6.07 Å². The van der Waals surface area contributed by atoms with Crippen LogP contribution in [-0.2, 0) is 23.2 Å². The Morgan fingerprint density at radius 1 is 0.871 bits per heavy atom. The van der Waals surface area contributed by atoms with Gasteiger partial charge < -0.3 is 4.74 Å². The van der Waals surface area contributed by atoms with Crippen molar-refractivity contribution in [2.24, 2.45) is 0 Å². The Kier molecular flexibility index (Phi) is 6.39. The van der Waals surface area contributed by atoms with E-state index in [1.807, 2.05) is 0 Å². The van der Waals surface area contributed by atoms with Crippen molar-refractivity contribution in [1.82, 2.24) is 0 Å². The Hall–Kier alpha value is -2.37. The van der Waals surface area contributed by atoms with Crippen LogP contribution in [0.2, 0.25) is 0 Å². The van der Waals surface area contributed by atoms with Gasteiger partial charge in [0.15, 0.2) is 0 Å². The zero-order chi connectivity index (χ0) is 24.0. The van der Waals surface area contributed by atoms with Crippen LogP contribution in [-0.4, -0.2) is 19.5 Å². The van der Waals surface area contributed by atoms with Gasteiger partial charge in [-0.15, -0.1) is 0 Å². The van der Waals surface area contributed by atoms with Crippen molar-refractivity contribution in [2.45, 2.75) is 37.7 Å². The highest BCUT2D eigenvalue weighted by molar-refractivity contribution is 5.74. The van der Waals surface area contributed by atoms with Crippen molar-refractivity contribution < 1.29 is 53.0 Å². The molecule has 171 valence electrons. The number of hydrogen-bond acceptors (Lipinski definition) is 1. The summed E-state index contributed by atoms with van der Waals surface area (Å²) in [6.07, 6.45) is -18.3. The van der Waals surface area contributed by atoms with E-state index in [2.05, 4.69) is 10.8 Å². The number of halogens is 11. The Balaban J connectivity index is 3.08. The van der Waals surface area contributed by atoms with Gasteiger partial charge in [-0.05, 0) is 47.9 Å². The van der Waals surface area contributed by atoms with E-state index in [4.69, 9.17) is 0 Å². The van der Waals surface area contributed by atoms with Crippen molar-refractivity contribution in [3.63, 3.8) is 0 Å². The summed E-state index contributed by atoms with van der Waals surface area (Å²) in [6, 6.07) is 2.87. The number of alkyl halides is 10. The quantitative estimate of drug-likeness (QED) is 0.440. The lowest BCUT2D eigenvalue weighted by atomic mass is 9.82. The molecule has 2 rings (SSSR count). The van der Waals surface area contributed by atoms with Crippen LogP contribution in [0.3, 0.4) is 0 Å². The maximum atomic E-state index is 14.9. The minimum atomic E-state index is -6.57. The molecule has 2 aromatic carbocycles. The molecule has 1 nitrogen and oxygen atoms in total. The summed E-state index contributed by atoms with van der Waals surface area (Å²) in [7, 11) is 0.971. The standard InChI is InChI=1S/C19H12F11O/c1-9-5-10(8-31-2)15(12-7-11(17(22,23)24)3-4-14(12)20)13(6-9)16(21,18(25,26)27)19(28,29)30/h3-4,6-7H,8H2,1-2H3. The Labute approximate surface area is 168 Å². The first-order valence-electron chi connectivity index (χ1n) is 8.19. The lowest BCUT2D eigenvalue weighted by molar-refractivity contribution is -0.348. The minimum absolute atomic E-state index is 0.00364. The molecule has 0 aliphatic heterocycles. The zero-order valence-corrected chi connectivity index (χ0v) is 15.6. The molecule has 0 N–H and O–H groups in total. The van der Waals surface area contributed by atoms with Gasteiger partial charge in [-0.2, -0.15) is 39.5 Å². The van der Waals surface area contributed by atoms with Crippen LogP contribution in [0, 0.1) is 18.8 Å². The molecule has 2 aromatic rings. The molecule has 0 aromatic heterocycles. The number of benzene rings is 2. The third kappa shape index (κ3) is 4.48. The smallest absolute Gasteiger partial charge is 0.380 e. The van der Waals surface area contributed by atoms with Crippen LogP contribution in [0.25, 0.3) is 11.1 Å². The summed E-state index contributed by atoms with van der Waals surface area (Å²) in [5, 5.41) is 0. The maximum absolute atomic E-state index is 14.9. The van der Waals surface area contributed by atoms with Crippen molar-refractivity contribution in [2.75, 3.05) is 7.11 Å². The van der Waals surface area contributed by atoms with E-state index in [1.54, 1.807) is 0 Å². The average Bonchev–Trinajstić information content (AvgIpc) is 2.58. The highest BCUT2D eigenvalue weighted by Crippen LogP contribution is 2.56. The summed E-state index contributed by atoms with van der Waals surface area (Å²) in [5.41, 5.74) is -13.5. The van der Waals surface area contributed by atoms with E-state index in [-0.39, 0.29) is 24.3 Å². The second-order valence-corrected chi connectivity index (χ2v) is 6.50. The van der Waals surface area contributed by atoms with Crippen LogP contribution in [0.4, 0.5) is 48.3 Å². The molecular formula is C19H12F11O. The van der Waals surface area contributed by atoms with Crippen molar-refractivity contribution in [3.05, 3.63) is 58.4 Å². The van der Waals surface area contributed by atoms with Crippen LogP contribution in [0.1, 0.15) is 22.3 Å². The van der Waals surface area contributed by atoms with Crippen molar-refractivity contribution >= 4 is 0 Å². The second kappa shape index (κ2) is 7.95. The fraction of sp³-hybridized carbons (Fsp3) is 0.368. The lowest BCUT2D eigenvalue weighted by Gasteiger charge is -2.33. The van der Waals surface area contributed by atoms with Gasteiger partial charge in [0.25, 0.3) is 0 Å². The maximum Gasteiger partial charge on any atom is 0.435 e. The molecule has 0 amide bonds. The van der Waals surface area contributed by atoms with E-state index < -0.39 is 70.0 Å². The first kappa shape index (κ1) is 24.9. The normalized spacial score (nSPS) is 13.6. The topological polar surface area (TPSA) is 9.23 Å². The van der Waals surface area contributed by atoms with E-state index in [0.717, 1.165) is 14.0 Å². The summed E-state index contributed by atoms with van der Waals surface area (Å²) in [4.78, 5) is 0. The number of aryl methyl sites for hydroxylation is 1. The number of rotatable bonds is 4. The second-order valence-electron chi connectivity index (χ2n) is 6.50. The molecule has 0 bridgehead atoms. The molecule has 1 radical (unpaired) electrons. The van der Waals surface area contributed by atoms with E-state index in [1.165, 1.54) is 0 Å². The summed E-state index contributed by atoms with van der Waals surface area (Å²) >= 11 is 0. The molecule has 0 spiro atoms. The molecule has 0 saturated carbocycles. The van der Waals surface area contributed by atoms with Gasteiger partial charge in [-0.25, -0.2) is 8.78 Å². The molecule has 0 aliphatic carbocycles. The average molecular weight is 465 g/mol. The molecule has 0 aliphatic rings. The summed E-state index contributed by atoms with van der Waals surface area (Å²) < 4.78 is 153. The van der Waals surface area contributed by atoms with Gasteiger partial charge >= 0.3 is 24.2 Å². The van der Waals surface area contributed by atoms with Crippen molar-refractivity contribution in [3.8, 4) is 11.1 Å². The fourth-order valence-electron chi connectivity index (χ4n) is 2.98. The molecule has 0 heterocycles. The first-order valence-corrected chi connectivity index (χ1v) is 8.19. The summed E-state index contributed by atoms with van der Waals surface area (Å²) in [6.45, 7) is 0.202. The Morgan fingerprint density at radius 3 is 1.87 bits per heavy atom. The minimum Gasteiger partial charge on any atom is -0.380 e. The largest absolute Gasteiger partial charge is 0.435 e. The molecular weight excluding hydrogens is 453 g/mol. The van der Waals surface area contributed by atoms with Gasteiger partial charge in [0.2, 0.25) is 0 Å². The molecule has 0 fully saturated rings. The predicted octanol–water partition coefficient (Wildman–Crippen LogP) is 7.06. The van der Waals surface area contributed by atoms with Gasteiger partial charge in [-0.3, -0.25) is 0 Å². The Morgan fingerprint density at radius 2 is 1.42 bits per heavy atom. The molecule has 31 heavy (non-hydrogen) atoms. The highest BCUT2D eigenvalue weighted by atomic mass is 19.4. The Bertz CT molecular complexity index is 941. The third-order valence-corrected chi connectivity index (χ3v) is 4.28. The van der Waals surface area contributed by atoms with Crippen LogP contribution < -0.4 is 0 Å². The van der Waals surface area contributed by atoms with Crippen molar-refractivity contribution in [1.29, 1.82) is 0 Å². The third-order valence-electron chi connectivity index (χ3n) is 4.28. The molecule has 0 unspecified atom stereocenters. The van der Waals surface area contributed by atoms with Gasteiger partial charge in [0, 0.05) is 18.2 Å². The van der Waals surface area contributed by atoms with Gasteiger partial charge in [0.05, 0.1) is 12.2 Å². The lowest BCUT2D eigenvalue weighted by Crippen LogP contribution is -2.50. The first-order chi connectivity index (χ1) is 13.9. The number of hydrogen-bond donors (Lipinski definition) is 0. The number of ether oxygens (including phenoxy) is 1. The SMILES string of the molecule is COCc1[c]c(C)cc(C(F)(C(F)(F)F)C(F)(F)F)c1-c1cc(C(F)(F)F)ccc1F. The fourth-order valence-corrected chi connectivity index (χ4v) is 2.98. The zero-order valence-electron chi connectivity index (χ0n) is 15.6. The highest BCUT2D eigenvalue weighted by Gasteiger charge is 2.74. The van der Waals surface area contributed by atoms with E-state index in [0.29, 0.717) is 0 Å². The van der Waals surface area contributed by atoms with E-state index >= 15 is 0 Å². The summed E-state index contributed by atoms with van der Waals surface area (Å²) in [5.74, 6) is -1.60. The van der Waals surface area contributed by atoms with Crippen LogP contribution >= 0.6 is 0 Å². The number of methoxy groups -OCH3 is 1. The molecule has 0 atom stereocenters. The molecule has 12 heteroatoms. The molecule has 0 saturated heterocycles. The monoisotopic (exact) mass is 465 g/mol. The van der Waals surface area contributed by atoms with Crippen LogP contribution in [0.5, 0.6) is 0 Å². The predicted molar refractivity (Wildman–Crippen MR) is 86.0 cm³/mol. The van der Waals surface area contributed by atoms with Gasteiger partial charge in [0.1, 0.15) is 5.82 Å².